The van der Waals surface area contributed by atoms with E-state index >= 15 is 0 Å². The number of rotatable bonds is 8. The van der Waals surface area contributed by atoms with Crippen LogP contribution in [-0.4, -0.2) is 26.9 Å². The van der Waals surface area contributed by atoms with Gasteiger partial charge in [0.25, 0.3) is 0 Å². The Morgan fingerprint density at radius 2 is 1.96 bits per heavy atom. The summed E-state index contributed by atoms with van der Waals surface area (Å²) in [6.45, 7) is 0.340. The maximum atomic E-state index is 12.0. The average molecular weight is 367 g/mol. The first-order valence-electron chi connectivity index (χ1n) is 8.10. The third kappa shape index (κ3) is 5.36. The van der Waals surface area contributed by atoms with Crippen molar-refractivity contribution in [2.75, 3.05) is 0 Å². The van der Waals surface area contributed by atoms with Gasteiger partial charge in [0.15, 0.2) is 6.61 Å². The Hall–Kier alpha value is -3.75. The average Bonchev–Trinajstić information content (AvgIpc) is 3.15. The standard InChI is InChI=1S/C18H17N5O4/c19-15(24)8-12-3-5-14(6-4-12)26-11-16-22-18(27-23-16)17(25)21-10-13-2-1-7-20-9-13/h1-7,9H,8,10-11H2,(H2,19,24)(H,21,25). The largest absolute Gasteiger partial charge is 0.485 e. The van der Waals surface area contributed by atoms with Gasteiger partial charge in [-0.3, -0.25) is 14.6 Å². The van der Waals surface area contributed by atoms with Gasteiger partial charge in [-0.25, -0.2) is 0 Å². The second kappa shape index (κ2) is 8.56. The van der Waals surface area contributed by atoms with Gasteiger partial charge in [-0.15, -0.1) is 0 Å². The van der Waals surface area contributed by atoms with Crippen molar-refractivity contribution in [1.82, 2.24) is 20.4 Å². The molecule has 2 amide bonds. The van der Waals surface area contributed by atoms with Gasteiger partial charge in [0.05, 0.1) is 6.42 Å². The van der Waals surface area contributed by atoms with E-state index in [0.717, 1.165) is 11.1 Å². The molecule has 1 aromatic carbocycles. The van der Waals surface area contributed by atoms with Crippen molar-refractivity contribution in [2.45, 2.75) is 19.6 Å². The van der Waals surface area contributed by atoms with Crippen molar-refractivity contribution in [3.05, 3.63) is 71.6 Å². The van der Waals surface area contributed by atoms with Gasteiger partial charge >= 0.3 is 11.8 Å². The van der Waals surface area contributed by atoms with E-state index in [-0.39, 0.29) is 24.7 Å². The number of primary amides is 1. The van der Waals surface area contributed by atoms with Crippen LogP contribution in [0.25, 0.3) is 0 Å². The first-order chi connectivity index (χ1) is 13.1. The minimum absolute atomic E-state index is 0.0363. The lowest BCUT2D eigenvalue weighted by atomic mass is 10.1. The molecule has 0 fully saturated rings. The molecule has 0 saturated heterocycles. The van der Waals surface area contributed by atoms with Crippen molar-refractivity contribution >= 4 is 11.8 Å². The molecule has 27 heavy (non-hydrogen) atoms. The van der Waals surface area contributed by atoms with Gasteiger partial charge in [-0.1, -0.05) is 23.4 Å². The zero-order valence-corrected chi connectivity index (χ0v) is 14.3. The molecule has 0 saturated carbocycles. The van der Waals surface area contributed by atoms with Crippen LogP contribution in [0.5, 0.6) is 5.75 Å². The summed E-state index contributed by atoms with van der Waals surface area (Å²) in [7, 11) is 0. The third-order valence-corrected chi connectivity index (χ3v) is 3.51. The summed E-state index contributed by atoms with van der Waals surface area (Å²) in [5.41, 5.74) is 6.79. The highest BCUT2D eigenvalue weighted by Crippen LogP contribution is 2.14. The fourth-order valence-corrected chi connectivity index (χ4v) is 2.22. The van der Waals surface area contributed by atoms with Crippen LogP contribution < -0.4 is 15.8 Å². The number of pyridine rings is 1. The van der Waals surface area contributed by atoms with Crippen LogP contribution >= 0.6 is 0 Å². The van der Waals surface area contributed by atoms with Crippen LogP contribution in [0.3, 0.4) is 0 Å². The molecule has 3 rings (SSSR count). The van der Waals surface area contributed by atoms with Crippen LogP contribution in [0.15, 0.2) is 53.3 Å². The molecular formula is C18H17N5O4. The molecule has 3 N–H and O–H groups in total. The SMILES string of the molecule is NC(=O)Cc1ccc(OCc2noc(C(=O)NCc3cccnc3)n2)cc1. The molecular weight excluding hydrogens is 350 g/mol. The number of carbonyl (C=O) groups excluding carboxylic acids is 2. The third-order valence-electron chi connectivity index (χ3n) is 3.51. The van der Waals surface area contributed by atoms with E-state index in [1.54, 1.807) is 42.7 Å². The molecule has 0 aliphatic heterocycles. The number of carbonyl (C=O) groups is 2. The molecule has 9 nitrogen and oxygen atoms in total. The maximum Gasteiger partial charge on any atom is 0.316 e. The Labute approximate surface area is 154 Å². The molecule has 138 valence electrons. The minimum Gasteiger partial charge on any atom is -0.485 e. The number of benzene rings is 1. The fourth-order valence-electron chi connectivity index (χ4n) is 2.22. The summed E-state index contributed by atoms with van der Waals surface area (Å²) in [6.07, 6.45) is 3.48. The topological polar surface area (TPSA) is 133 Å². The Balaban J connectivity index is 1.50. The number of ether oxygens (including phenoxy) is 1. The Morgan fingerprint density at radius 1 is 1.15 bits per heavy atom. The first kappa shape index (κ1) is 18.1. The normalized spacial score (nSPS) is 10.4. The van der Waals surface area contributed by atoms with E-state index in [1.165, 1.54) is 0 Å². The molecule has 0 unspecified atom stereocenters. The second-order valence-corrected chi connectivity index (χ2v) is 5.64. The van der Waals surface area contributed by atoms with Gasteiger partial charge in [-0.05, 0) is 29.3 Å². The summed E-state index contributed by atoms with van der Waals surface area (Å²) in [5, 5.41) is 6.39. The van der Waals surface area contributed by atoms with E-state index in [2.05, 4.69) is 20.4 Å². The van der Waals surface area contributed by atoms with Gasteiger partial charge in [-0.2, -0.15) is 4.98 Å². The lowest BCUT2D eigenvalue weighted by Crippen LogP contribution is -2.23. The number of hydrogen-bond acceptors (Lipinski definition) is 7. The maximum absolute atomic E-state index is 12.0. The predicted molar refractivity (Wildman–Crippen MR) is 93.4 cm³/mol. The van der Waals surface area contributed by atoms with Crippen molar-refractivity contribution in [3.63, 3.8) is 0 Å². The van der Waals surface area contributed by atoms with E-state index < -0.39 is 11.8 Å². The molecule has 0 radical (unpaired) electrons. The number of nitrogens with one attached hydrogen (secondary N) is 1. The van der Waals surface area contributed by atoms with Crippen LogP contribution in [0.1, 0.15) is 27.6 Å². The van der Waals surface area contributed by atoms with Crippen LogP contribution in [-0.2, 0) is 24.4 Å². The highest BCUT2D eigenvalue weighted by Gasteiger charge is 2.15. The highest BCUT2D eigenvalue weighted by atomic mass is 16.5. The molecule has 9 heteroatoms. The number of aromatic nitrogens is 3. The zero-order valence-electron chi connectivity index (χ0n) is 14.3. The minimum atomic E-state index is -0.478. The van der Waals surface area contributed by atoms with E-state index in [9.17, 15) is 9.59 Å². The smallest absolute Gasteiger partial charge is 0.316 e. The van der Waals surface area contributed by atoms with Crippen molar-refractivity contribution in [3.8, 4) is 5.75 Å². The molecule has 0 aliphatic rings. The quantitative estimate of drug-likeness (QED) is 0.607. The van der Waals surface area contributed by atoms with Gasteiger partial charge in [0, 0.05) is 18.9 Å². The van der Waals surface area contributed by atoms with Crippen molar-refractivity contribution < 1.29 is 18.8 Å². The summed E-state index contributed by atoms with van der Waals surface area (Å²) >= 11 is 0. The summed E-state index contributed by atoms with van der Waals surface area (Å²) < 4.78 is 10.5. The monoisotopic (exact) mass is 367 g/mol. The van der Waals surface area contributed by atoms with Crippen molar-refractivity contribution in [2.24, 2.45) is 5.73 Å². The molecule has 0 atom stereocenters. The Morgan fingerprint density at radius 3 is 2.67 bits per heavy atom. The molecule has 3 aromatic rings. The van der Waals surface area contributed by atoms with Crippen LogP contribution in [0, 0.1) is 0 Å². The Bertz CT molecular complexity index is 909. The zero-order chi connectivity index (χ0) is 19.1. The molecule has 0 aliphatic carbocycles. The fraction of sp³-hybridized carbons (Fsp3) is 0.167. The Kier molecular flexibility index (Phi) is 5.73. The van der Waals surface area contributed by atoms with Crippen LogP contribution in [0.4, 0.5) is 0 Å². The molecule has 2 heterocycles. The van der Waals surface area contributed by atoms with Crippen molar-refractivity contribution in [1.29, 1.82) is 0 Å². The lowest BCUT2D eigenvalue weighted by molar-refractivity contribution is -0.117. The van der Waals surface area contributed by atoms with Gasteiger partial charge in [0.1, 0.15) is 5.75 Å². The predicted octanol–water partition coefficient (Wildman–Crippen LogP) is 1.00. The summed E-state index contributed by atoms with van der Waals surface area (Å²) in [6, 6.07) is 10.5. The van der Waals surface area contributed by atoms with Gasteiger partial charge < -0.3 is 20.3 Å². The summed E-state index contributed by atoms with van der Waals surface area (Å²) in [5.74, 6) is -0.217. The first-order valence-corrected chi connectivity index (χ1v) is 8.10. The second-order valence-electron chi connectivity index (χ2n) is 5.64. The lowest BCUT2D eigenvalue weighted by Gasteiger charge is -2.04. The van der Waals surface area contributed by atoms with E-state index in [1.807, 2.05) is 6.07 Å². The number of nitrogens with two attached hydrogens (primary N) is 1. The molecule has 0 bridgehead atoms. The van der Waals surface area contributed by atoms with E-state index in [4.69, 9.17) is 15.0 Å². The van der Waals surface area contributed by atoms with E-state index in [0.29, 0.717) is 12.3 Å². The highest BCUT2D eigenvalue weighted by molar-refractivity contribution is 5.89. The number of hydrogen-bond donors (Lipinski definition) is 2. The molecule has 0 spiro atoms. The number of amides is 2. The van der Waals surface area contributed by atoms with Crippen LogP contribution in [0.2, 0.25) is 0 Å². The molecule has 2 aromatic heterocycles. The summed E-state index contributed by atoms with van der Waals surface area (Å²) in [4.78, 5) is 30.9. The van der Waals surface area contributed by atoms with Gasteiger partial charge in [0.2, 0.25) is 11.7 Å². The number of nitrogens with zero attached hydrogens (tertiary/aromatic N) is 3.